The average Bonchev–Trinajstić information content (AvgIpc) is 3.05. The number of benzene rings is 1. The Bertz CT molecular complexity index is 676. The molecule has 0 aromatic heterocycles. The Kier molecular flexibility index (Phi) is 4.82. The molecule has 2 saturated heterocycles. The number of ether oxygens (including phenoxy) is 2. The third-order valence-corrected chi connectivity index (χ3v) is 4.68. The minimum Gasteiger partial charge on any atom is -0.445 e. The van der Waals surface area contributed by atoms with Crippen LogP contribution in [0, 0.1) is 0 Å². The summed E-state index contributed by atoms with van der Waals surface area (Å²) < 4.78 is 25.9. The fraction of sp³-hybridized carbons (Fsp3) is 0.579. The zero-order valence-corrected chi connectivity index (χ0v) is 15.4. The molecule has 1 aromatic rings. The van der Waals surface area contributed by atoms with Crippen LogP contribution in [0.15, 0.2) is 30.3 Å². The van der Waals surface area contributed by atoms with Gasteiger partial charge in [-0.2, -0.15) is 0 Å². The zero-order chi connectivity index (χ0) is 18.9. The maximum absolute atomic E-state index is 15.2. The zero-order valence-electron chi connectivity index (χ0n) is 15.4. The maximum atomic E-state index is 15.2. The van der Waals surface area contributed by atoms with Gasteiger partial charge in [0.2, 0.25) is 0 Å². The highest BCUT2D eigenvalue weighted by Crippen LogP contribution is 2.39. The summed E-state index contributed by atoms with van der Waals surface area (Å²) in [5.41, 5.74) is -1.39. The standard InChI is InChI=1S/C19H25FN2O4/c1-18(2,3)26-16(23)21-11-15-19(20,13-21)9-10-22(15)17(24)25-12-14-7-5-4-6-8-14/h4-8,15H,9-13H2,1-3H3/t15-,19-/m0/s1. The van der Waals surface area contributed by atoms with Crippen LogP contribution in [-0.2, 0) is 16.1 Å². The van der Waals surface area contributed by atoms with Gasteiger partial charge in [0.25, 0.3) is 0 Å². The predicted octanol–water partition coefficient (Wildman–Crippen LogP) is 3.36. The van der Waals surface area contributed by atoms with Crippen LogP contribution in [0.2, 0.25) is 0 Å². The number of hydrogen-bond acceptors (Lipinski definition) is 4. The quantitative estimate of drug-likeness (QED) is 0.807. The Morgan fingerprint density at radius 2 is 1.92 bits per heavy atom. The number of amides is 2. The van der Waals surface area contributed by atoms with Gasteiger partial charge in [-0.3, -0.25) is 0 Å². The van der Waals surface area contributed by atoms with E-state index in [9.17, 15) is 9.59 Å². The molecule has 2 amide bonds. The number of carbonyl (C=O) groups excluding carboxylic acids is 2. The van der Waals surface area contributed by atoms with Crippen LogP contribution < -0.4 is 0 Å². The van der Waals surface area contributed by atoms with Crippen molar-refractivity contribution in [2.45, 2.75) is 51.1 Å². The molecule has 3 rings (SSSR count). The molecule has 2 fully saturated rings. The molecule has 0 spiro atoms. The molecule has 0 unspecified atom stereocenters. The van der Waals surface area contributed by atoms with Crippen molar-refractivity contribution in [3.05, 3.63) is 35.9 Å². The van der Waals surface area contributed by atoms with Gasteiger partial charge in [-0.1, -0.05) is 30.3 Å². The first kappa shape index (κ1) is 18.5. The van der Waals surface area contributed by atoms with Gasteiger partial charge in [0.05, 0.1) is 12.6 Å². The topological polar surface area (TPSA) is 59.1 Å². The molecule has 2 heterocycles. The third-order valence-electron chi connectivity index (χ3n) is 4.68. The number of alkyl halides is 1. The van der Waals surface area contributed by atoms with E-state index in [1.165, 1.54) is 9.80 Å². The molecule has 26 heavy (non-hydrogen) atoms. The van der Waals surface area contributed by atoms with Crippen molar-refractivity contribution >= 4 is 12.2 Å². The molecule has 0 aliphatic carbocycles. The normalized spacial score (nSPS) is 25.2. The van der Waals surface area contributed by atoms with Crippen molar-refractivity contribution in [3.8, 4) is 0 Å². The number of carbonyl (C=O) groups is 2. The lowest BCUT2D eigenvalue weighted by atomic mass is 10.0. The molecule has 0 bridgehead atoms. The number of halogens is 1. The summed E-state index contributed by atoms with van der Waals surface area (Å²) >= 11 is 0. The lowest BCUT2D eigenvalue weighted by Gasteiger charge is -2.26. The predicted molar refractivity (Wildman–Crippen MR) is 93.4 cm³/mol. The highest BCUT2D eigenvalue weighted by molar-refractivity contribution is 5.71. The molecular weight excluding hydrogens is 339 g/mol. The van der Waals surface area contributed by atoms with Crippen LogP contribution in [0.4, 0.5) is 14.0 Å². The van der Waals surface area contributed by atoms with E-state index < -0.39 is 29.5 Å². The van der Waals surface area contributed by atoms with Crippen LogP contribution in [0.25, 0.3) is 0 Å². The highest BCUT2D eigenvalue weighted by atomic mass is 19.1. The molecule has 0 radical (unpaired) electrons. The molecule has 0 N–H and O–H groups in total. The molecule has 2 aliphatic heterocycles. The van der Waals surface area contributed by atoms with Gasteiger partial charge in [-0.15, -0.1) is 0 Å². The Labute approximate surface area is 152 Å². The Hall–Kier alpha value is -2.31. The number of fused-ring (bicyclic) bond motifs is 1. The van der Waals surface area contributed by atoms with E-state index in [2.05, 4.69) is 0 Å². The second kappa shape index (κ2) is 6.78. The van der Waals surface area contributed by atoms with Gasteiger partial charge in [0.1, 0.15) is 12.2 Å². The van der Waals surface area contributed by atoms with Gasteiger partial charge in [0.15, 0.2) is 5.67 Å². The Balaban J connectivity index is 1.61. The molecule has 6 nitrogen and oxygen atoms in total. The lowest BCUT2D eigenvalue weighted by Crippen LogP contribution is -2.44. The van der Waals surface area contributed by atoms with Crippen molar-refractivity contribution in [1.82, 2.24) is 9.80 Å². The number of nitrogens with zero attached hydrogens (tertiary/aromatic N) is 2. The molecule has 142 valence electrons. The maximum Gasteiger partial charge on any atom is 0.410 e. The van der Waals surface area contributed by atoms with Gasteiger partial charge in [-0.25, -0.2) is 14.0 Å². The van der Waals surface area contributed by atoms with E-state index in [1.54, 1.807) is 20.8 Å². The molecule has 7 heteroatoms. The number of rotatable bonds is 2. The number of likely N-dealkylation sites (tertiary alicyclic amines) is 2. The van der Waals surface area contributed by atoms with Gasteiger partial charge in [-0.05, 0) is 26.3 Å². The first-order chi connectivity index (χ1) is 12.2. The van der Waals surface area contributed by atoms with Gasteiger partial charge in [0, 0.05) is 19.5 Å². The fourth-order valence-electron chi connectivity index (χ4n) is 3.43. The van der Waals surface area contributed by atoms with Gasteiger partial charge < -0.3 is 19.3 Å². The first-order valence-corrected chi connectivity index (χ1v) is 8.82. The lowest BCUT2D eigenvalue weighted by molar-refractivity contribution is 0.0251. The molecule has 0 saturated carbocycles. The summed E-state index contributed by atoms with van der Waals surface area (Å²) in [6.07, 6.45) is -0.914. The van der Waals surface area contributed by atoms with E-state index in [-0.39, 0.29) is 32.7 Å². The van der Waals surface area contributed by atoms with E-state index in [0.29, 0.717) is 0 Å². The van der Waals surface area contributed by atoms with Crippen molar-refractivity contribution in [2.75, 3.05) is 19.6 Å². The monoisotopic (exact) mass is 364 g/mol. The van der Waals surface area contributed by atoms with Crippen molar-refractivity contribution in [1.29, 1.82) is 0 Å². The second-order valence-electron chi connectivity index (χ2n) is 7.89. The first-order valence-electron chi connectivity index (χ1n) is 8.82. The van der Waals surface area contributed by atoms with Crippen molar-refractivity contribution < 1.29 is 23.5 Å². The van der Waals surface area contributed by atoms with E-state index in [0.717, 1.165) is 5.56 Å². The van der Waals surface area contributed by atoms with Crippen LogP contribution in [-0.4, -0.2) is 58.9 Å². The number of hydrogen-bond donors (Lipinski definition) is 0. The summed E-state index contributed by atoms with van der Waals surface area (Å²) in [6, 6.07) is 8.63. The minimum atomic E-state index is -1.61. The highest BCUT2D eigenvalue weighted by Gasteiger charge is 2.57. The summed E-state index contributed by atoms with van der Waals surface area (Å²) in [5, 5.41) is 0. The molecule has 2 atom stereocenters. The van der Waals surface area contributed by atoms with Crippen LogP contribution in [0.3, 0.4) is 0 Å². The van der Waals surface area contributed by atoms with Crippen molar-refractivity contribution in [2.24, 2.45) is 0 Å². The smallest absolute Gasteiger partial charge is 0.410 e. The summed E-state index contributed by atoms with van der Waals surface area (Å²) in [7, 11) is 0. The largest absolute Gasteiger partial charge is 0.445 e. The summed E-state index contributed by atoms with van der Waals surface area (Å²) in [4.78, 5) is 27.4. The molecule has 1 aromatic carbocycles. The van der Waals surface area contributed by atoms with E-state index >= 15 is 4.39 Å². The third kappa shape index (κ3) is 3.92. The Morgan fingerprint density at radius 1 is 1.23 bits per heavy atom. The van der Waals surface area contributed by atoms with Crippen molar-refractivity contribution in [3.63, 3.8) is 0 Å². The molecule has 2 aliphatic rings. The SMILES string of the molecule is CC(C)(C)OC(=O)N1C[C@@H]2N(C(=O)OCc3ccccc3)CC[C@]2(F)C1. The van der Waals surface area contributed by atoms with E-state index in [4.69, 9.17) is 9.47 Å². The fourth-order valence-corrected chi connectivity index (χ4v) is 3.43. The van der Waals surface area contributed by atoms with Crippen LogP contribution in [0.1, 0.15) is 32.8 Å². The summed E-state index contributed by atoms with van der Waals surface area (Å²) in [5.74, 6) is 0. The van der Waals surface area contributed by atoms with E-state index in [1.807, 2.05) is 30.3 Å². The minimum absolute atomic E-state index is 0.0605. The Morgan fingerprint density at radius 3 is 2.58 bits per heavy atom. The van der Waals surface area contributed by atoms with Crippen LogP contribution in [0.5, 0.6) is 0 Å². The van der Waals surface area contributed by atoms with Gasteiger partial charge >= 0.3 is 12.2 Å². The average molecular weight is 364 g/mol. The van der Waals surface area contributed by atoms with Crippen LogP contribution >= 0.6 is 0 Å². The summed E-state index contributed by atoms with van der Waals surface area (Å²) in [6.45, 7) is 5.77. The molecular formula is C19H25FN2O4. The second-order valence-corrected chi connectivity index (χ2v) is 7.89.